The highest BCUT2D eigenvalue weighted by Crippen LogP contribution is 2.23. The quantitative estimate of drug-likeness (QED) is 0.568. The first-order chi connectivity index (χ1) is 11.6. The van der Waals surface area contributed by atoms with E-state index in [1.54, 1.807) is 30.3 Å². The molecule has 0 atom stereocenters. The van der Waals surface area contributed by atoms with Crippen molar-refractivity contribution < 1.29 is 9.18 Å². The standard InChI is InChI=1S/C17H9ClFN3O2/c18-16(23)9-3-1-4-10(7-9)22-17(24)12-8-20-15-11(14(12)21-22)5-2-6-13(15)19/h1-8,21H. The van der Waals surface area contributed by atoms with E-state index in [4.69, 9.17) is 11.6 Å². The summed E-state index contributed by atoms with van der Waals surface area (Å²) in [7, 11) is 0. The highest BCUT2D eigenvalue weighted by atomic mass is 35.5. The van der Waals surface area contributed by atoms with Gasteiger partial charge < -0.3 is 0 Å². The maximum absolute atomic E-state index is 13.9. The lowest BCUT2D eigenvalue weighted by molar-refractivity contribution is 0.108. The minimum absolute atomic E-state index is 0.183. The number of nitrogens with one attached hydrogen (secondary N) is 1. The van der Waals surface area contributed by atoms with Gasteiger partial charge in [-0.25, -0.2) is 9.07 Å². The van der Waals surface area contributed by atoms with Crippen molar-refractivity contribution in [3.63, 3.8) is 0 Å². The molecule has 0 unspecified atom stereocenters. The summed E-state index contributed by atoms with van der Waals surface area (Å²) < 4.78 is 15.2. The third-order valence-electron chi connectivity index (χ3n) is 3.84. The van der Waals surface area contributed by atoms with E-state index < -0.39 is 11.1 Å². The highest BCUT2D eigenvalue weighted by molar-refractivity contribution is 6.67. The van der Waals surface area contributed by atoms with Gasteiger partial charge >= 0.3 is 0 Å². The van der Waals surface area contributed by atoms with E-state index in [1.165, 1.54) is 23.0 Å². The molecular formula is C17H9ClFN3O2. The topological polar surface area (TPSA) is 67.8 Å². The molecule has 2 heterocycles. The molecule has 1 N–H and O–H groups in total. The molecule has 5 nitrogen and oxygen atoms in total. The van der Waals surface area contributed by atoms with Crippen molar-refractivity contribution in [3.05, 3.63) is 70.4 Å². The SMILES string of the molecule is O=C(Cl)c1cccc(-n2[nH]c3c(cnc4c(F)cccc43)c2=O)c1. The van der Waals surface area contributed by atoms with Gasteiger partial charge in [-0.15, -0.1) is 0 Å². The number of aromatic amines is 1. The van der Waals surface area contributed by atoms with Crippen LogP contribution in [0.1, 0.15) is 10.4 Å². The van der Waals surface area contributed by atoms with Gasteiger partial charge in [-0.05, 0) is 35.9 Å². The first kappa shape index (κ1) is 14.6. The molecule has 0 saturated heterocycles. The third kappa shape index (κ3) is 2.11. The predicted molar refractivity (Wildman–Crippen MR) is 89.3 cm³/mol. The monoisotopic (exact) mass is 341 g/mol. The first-order valence-electron chi connectivity index (χ1n) is 7.04. The van der Waals surface area contributed by atoms with Crippen LogP contribution in [-0.2, 0) is 0 Å². The van der Waals surface area contributed by atoms with Gasteiger partial charge in [0.15, 0.2) is 0 Å². The largest absolute Gasteiger partial charge is 0.290 e. The summed E-state index contributed by atoms with van der Waals surface area (Å²) in [4.78, 5) is 28.0. The summed E-state index contributed by atoms with van der Waals surface area (Å²) in [5.74, 6) is -0.460. The fraction of sp³-hybridized carbons (Fsp3) is 0. The number of halogens is 2. The van der Waals surface area contributed by atoms with E-state index >= 15 is 0 Å². The second-order valence-corrected chi connectivity index (χ2v) is 5.60. The van der Waals surface area contributed by atoms with Crippen molar-refractivity contribution in [3.8, 4) is 5.69 Å². The molecule has 0 saturated carbocycles. The van der Waals surface area contributed by atoms with Crippen LogP contribution < -0.4 is 5.56 Å². The summed E-state index contributed by atoms with van der Waals surface area (Å²) in [6, 6.07) is 10.9. The van der Waals surface area contributed by atoms with E-state index in [9.17, 15) is 14.0 Å². The number of nitrogens with zero attached hydrogens (tertiary/aromatic N) is 2. The molecule has 0 radical (unpaired) electrons. The number of para-hydroxylation sites is 1. The van der Waals surface area contributed by atoms with Gasteiger partial charge in [0.1, 0.15) is 11.3 Å². The fourth-order valence-electron chi connectivity index (χ4n) is 2.70. The van der Waals surface area contributed by atoms with Crippen molar-refractivity contribution in [2.45, 2.75) is 0 Å². The average molecular weight is 342 g/mol. The lowest BCUT2D eigenvalue weighted by Gasteiger charge is -2.02. The van der Waals surface area contributed by atoms with Crippen LogP contribution in [0.5, 0.6) is 0 Å². The summed E-state index contributed by atoms with van der Waals surface area (Å²) in [5.41, 5.74) is 1.04. The van der Waals surface area contributed by atoms with Crippen LogP contribution in [0, 0.1) is 5.82 Å². The van der Waals surface area contributed by atoms with E-state index in [-0.39, 0.29) is 16.6 Å². The summed E-state index contributed by atoms with van der Waals surface area (Å²) in [6.07, 6.45) is 1.34. The maximum atomic E-state index is 13.9. The predicted octanol–water partition coefficient (Wildman–Crippen LogP) is 3.39. The van der Waals surface area contributed by atoms with Crippen LogP contribution in [0.3, 0.4) is 0 Å². The number of H-pyrrole nitrogens is 1. The van der Waals surface area contributed by atoms with Crippen LogP contribution in [0.15, 0.2) is 53.5 Å². The molecule has 0 fully saturated rings. The summed E-state index contributed by atoms with van der Waals surface area (Å²) in [5, 5.41) is 3.18. The van der Waals surface area contributed by atoms with E-state index in [0.717, 1.165) is 0 Å². The normalized spacial score (nSPS) is 11.2. The van der Waals surface area contributed by atoms with Gasteiger partial charge in [-0.1, -0.05) is 18.2 Å². The summed E-state index contributed by atoms with van der Waals surface area (Å²) in [6.45, 7) is 0. The molecule has 4 rings (SSSR count). The number of hydrogen-bond acceptors (Lipinski definition) is 3. The van der Waals surface area contributed by atoms with Gasteiger partial charge in [-0.2, -0.15) is 0 Å². The number of aromatic nitrogens is 3. The molecule has 2 aromatic heterocycles. The molecule has 0 aliphatic carbocycles. The van der Waals surface area contributed by atoms with Crippen LogP contribution >= 0.6 is 11.6 Å². The Balaban J connectivity index is 2.04. The minimum atomic E-state index is -0.616. The van der Waals surface area contributed by atoms with Gasteiger partial charge in [0, 0.05) is 17.1 Å². The van der Waals surface area contributed by atoms with E-state index in [0.29, 0.717) is 22.0 Å². The zero-order valence-electron chi connectivity index (χ0n) is 12.1. The molecule has 7 heteroatoms. The fourth-order valence-corrected chi connectivity index (χ4v) is 2.82. The molecule has 0 aliphatic rings. The Morgan fingerprint density at radius 1 is 1.17 bits per heavy atom. The smallest absolute Gasteiger partial charge is 0.280 e. The second kappa shape index (κ2) is 5.28. The Labute approximate surface area is 139 Å². The number of carbonyl (C=O) groups is 1. The van der Waals surface area contributed by atoms with Gasteiger partial charge in [0.05, 0.1) is 16.6 Å². The van der Waals surface area contributed by atoms with Crippen LogP contribution in [0.25, 0.3) is 27.5 Å². The first-order valence-corrected chi connectivity index (χ1v) is 7.42. The minimum Gasteiger partial charge on any atom is -0.290 e. The van der Waals surface area contributed by atoms with Crippen molar-refractivity contribution in [1.82, 2.24) is 14.8 Å². The molecule has 0 amide bonds. The van der Waals surface area contributed by atoms with Gasteiger partial charge in [0.2, 0.25) is 0 Å². The molecule has 4 aromatic rings. The molecular weight excluding hydrogens is 333 g/mol. The second-order valence-electron chi connectivity index (χ2n) is 5.26. The van der Waals surface area contributed by atoms with E-state index in [2.05, 4.69) is 10.1 Å². The zero-order chi connectivity index (χ0) is 16.8. The zero-order valence-corrected chi connectivity index (χ0v) is 12.8. The third-order valence-corrected chi connectivity index (χ3v) is 4.05. The lowest BCUT2D eigenvalue weighted by atomic mass is 10.1. The number of rotatable bonds is 2. The highest BCUT2D eigenvalue weighted by Gasteiger charge is 2.14. The number of fused-ring (bicyclic) bond motifs is 3. The molecule has 2 aromatic carbocycles. The summed E-state index contributed by atoms with van der Waals surface area (Å²) >= 11 is 5.49. The Bertz CT molecular complexity index is 1180. The van der Waals surface area contributed by atoms with Gasteiger partial charge in [-0.3, -0.25) is 19.7 Å². The van der Waals surface area contributed by atoms with Crippen LogP contribution in [0.4, 0.5) is 4.39 Å². The molecule has 0 bridgehead atoms. The van der Waals surface area contributed by atoms with E-state index in [1.807, 2.05) is 0 Å². The Hall–Kier alpha value is -2.99. The van der Waals surface area contributed by atoms with Crippen LogP contribution in [-0.4, -0.2) is 20.0 Å². The number of hydrogen-bond donors (Lipinski definition) is 1. The number of pyridine rings is 1. The lowest BCUT2D eigenvalue weighted by Crippen LogP contribution is -2.14. The van der Waals surface area contributed by atoms with Gasteiger partial charge in [0.25, 0.3) is 10.8 Å². The molecule has 0 aliphatic heterocycles. The van der Waals surface area contributed by atoms with Crippen molar-refractivity contribution in [2.75, 3.05) is 0 Å². The molecule has 0 spiro atoms. The Kier molecular flexibility index (Phi) is 3.21. The molecule has 24 heavy (non-hydrogen) atoms. The Morgan fingerprint density at radius 3 is 2.75 bits per heavy atom. The number of benzene rings is 2. The van der Waals surface area contributed by atoms with Crippen molar-refractivity contribution in [1.29, 1.82) is 0 Å². The number of carbonyl (C=O) groups excluding carboxylic acids is 1. The molecule has 118 valence electrons. The van der Waals surface area contributed by atoms with Crippen molar-refractivity contribution >= 4 is 38.6 Å². The van der Waals surface area contributed by atoms with Crippen LogP contribution in [0.2, 0.25) is 0 Å². The van der Waals surface area contributed by atoms with Crippen molar-refractivity contribution in [2.24, 2.45) is 0 Å². The maximum Gasteiger partial charge on any atom is 0.280 e. The average Bonchev–Trinajstić information content (AvgIpc) is 2.93. The Morgan fingerprint density at radius 2 is 1.96 bits per heavy atom.